The van der Waals surface area contributed by atoms with Gasteiger partial charge in [-0.2, -0.15) is 73.3 Å². The fraction of sp³-hybridized carbons (Fsp3) is 0.475. The average Bonchev–Trinajstić information content (AvgIpc) is 1.60. The van der Waals surface area contributed by atoms with E-state index in [0.29, 0.717) is 64.3 Å². The molecule has 22 nitrogen and oxygen atoms in total. The van der Waals surface area contributed by atoms with Crippen LogP contribution in [0.15, 0.2) is 81.1 Å². The minimum atomic E-state index is -1.20. The first-order valence-electron chi connectivity index (χ1n) is 37.3. The second-order valence-corrected chi connectivity index (χ2v) is 35.5. The zero-order valence-corrected chi connectivity index (χ0v) is 76.0. The number of carbonyl (C=O) groups excluding carboxylic acids is 9. The lowest BCUT2D eigenvalue weighted by Gasteiger charge is -2.14. The third kappa shape index (κ3) is 36.9. The number of esters is 4. The van der Waals surface area contributed by atoms with Gasteiger partial charge in [-0.05, 0) is 93.7 Å². The van der Waals surface area contributed by atoms with E-state index in [1.807, 2.05) is 16.8 Å². The van der Waals surface area contributed by atoms with Crippen LogP contribution in [0.3, 0.4) is 0 Å². The van der Waals surface area contributed by atoms with Gasteiger partial charge in [0.1, 0.15) is 0 Å². The number of carboxylic acids is 3. The molecule has 4 N–H and O–H groups in total. The van der Waals surface area contributed by atoms with Crippen molar-refractivity contribution in [2.45, 2.75) is 227 Å². The van der Waals surface area contributed by atoms with Crippen LogP contribution in [-0.2, 0) is 19.1 Å². The third-order valence-corrected chi connectivity index (χ3v) is 26.4. The SMILES string of the molecule is Brc1cscc1Br.CC(=O)OC(C)=O.CCCCCCCCCCCCN1C(=O)c2c(Br)sc(Br)c2C1=O.CCCCCCCCCCCCN1C(=O)c2cscc2C1=O.CCCCCCCCCCCCNC(=O)c1cscc1C(=O)O.O=C(O)c1cscc1C(=O)O.O=C1OC(=O)c2cscc21.[C-]#[N+]c1cscc1C#N. The lowest BCUT2D eigenvalue weighted by molar-refractivity contribution is -0.156. The van der Waals surface area contributed by atoms with Crippen molar-refractivity contribution >= 4 is 220 Å². The van der Waals surface area contributed by atoms with Crippen LogP contribution in [-0.4, -0.2) is 116 Å². The first kappa shape index (κ1) is 100. The van der Waals surface area contributed by atoms with Crippen molar-refractivity contribution in [1.29, 1.82) is 5.26 Å². The van der Waals surface area contributed by atoms with E-state index in [-0.39, 0.29) is 51.8 Å². The van der Waals surface area contributed by atoms with Gasteiger partial charge in [0.05, 0.1) is 81.4 Å². The summed E-state index contributed by atoms with van der Waals surface area (Å²) >= 11 is 22.9. The third-order valence-electron chi connectivity index (χ3n) is 16.9. The summed E-state index contributed by atoms with van der Waals surface area (Å²) in [5.41, 5.74) is 4.06. The van der Waals surface area contributed by atoms with Crippen molar-refractivity contribution in [3.05, 3.63) is 154 Å². The summed E-state index contributed by atoms with van der Waals surface area (Å²) in [5.74, 6) is -6.42. The van der Waals surface area contributed by atoms with E-state index in [1.54, 1.807) is 49.0 Å². The molecule has 0 saturated carbocycles. The van der Waals surface area contributed by atoms with Crippen molar-refractivity contribution < 1.29 is 82.3 Å². The molecular formula is C80H97Br4N5O17S7. The van der Waals surface area contributed by atoms with Gasteiger partial charge in [-0.25, -0.2) is 28.8 Å². The van der Waals surface area contributed by atoms with Gasteiger partial charge in [-0.1, -0.05) is 194 Å². The van der Waals surface area contributed by atoms with E-state index in [4.69, 9.17) is 27.2 Å². The van der Waals surface area contributed by atoms with Crippen LogP contribution in [0, 0.1) is 17.9 Å². The number of ether oxygens (including phenoxy) is 2. The fourth-order valence-electron chi connectivity index (χ4n) is 11.0. The number of carbonyl (C=O) groups is 12. The Labute approximate surface area is 722 Å². The van der Waals surface area contributed by atoms with E-state index in [1.165, 1.54) is 251 Å². The van der Waals surface area contributed by atoms with E-state index in [9.17, 15) is 57.5 Å². The van der Waals surface area contributed by atoms with E-state index >= 15 is 0 Å². The number of fused-ring (bicyclic) bond motifs is 3. The average molecular weight is 1940 g/mol. The number of nitriles is 1. The minimum Gasteiger partial charge on any atom is -0.478 e. The van der Waals surface area contributed by atoms with Gasteiger partial charge >= 0.3 is 41.8 Å². The van der Waals surface area contributed by atoms with Gasteiger partial charge in [-0.3, -0.25) is 43.4 Å². The molecule has 0 bridgehead atoms. The zero-order chi connectivity index (χ0) is 83.6. The molecule has 0 spiro atoms. The molecule has 3 aliphatic heterocycles. The maximum absolute atomic E-state index is 12.4. The van der Waals surface area contributed by atoms with E-state index in [0.717, 1.165) is 66.4 Å². The summed E-state index contributed by atoms with van der Waals surface area (Å²) in [7, 11) is 0. The molecule has 0 aliphatic carbocycles. The van der Waals surface area contributed by atoms with Crippen LogP contribution in [0.4, 0.5) is 5.69 Å². The Morgan fingerprint density at radius 3 is 1.07 bits per heavy atom. The van der Waals surface area contributed by atoms with Gasteiger partial charge in [-0.15, -0.1) is 11.3 Å². The number of imide groups is 2. The molecule has 10 rings (SSSR count). The Kier molecular flexibility index (Phi) is 51.7. The van der Waals surface area contributed by atoms with Gasteiger partial charge in [0, 0.05) is 96.2 Å². The van der Waals surface area contributed by atoms with Gasteiger partial charge in [0.25, 0.3) is 29.5 Å². The predicted molar refractivity (Wildman–Crippen MR) is 464 cm³/mol. The van der Waals surface area contributed by atoms with Crippen molar-refractivity contribution in [1.82, 2.24) is 15.1 Å². The molecule has 5 amide bonds. The number of rotatable bonds is 37. The summed E-state index contributed by atoms with van der Waals surface area (Å²) in [6.07, 6.45) is 37.7. The molecule has 7 aromatic rings. The second kappa shape index (κ2) is 58.1. The Morgan fingerprint density at radius 1 is 0.442 bits per heavy atom. The normalized spacial score (nSPS) is 11.8. The molecule has 33 heteroatoms. The van der Waals surface area contributed by atoms with Crippen LogP contribution in [0.2, 0.25) is 0 Å². The van der Waals surface area contributed by atoms with Crippen LogP contribution >= 0.6 is 143 Å². The quantitative estimate of drug-likeness (QED) is 0.00924. The standard InChI is InChI=1S/C18H25Br2NO2S.C18H29NO3S.C18H27NO2S.C6H2N2S.C6H4O4S.C6H2O3S.C4H2Br2S.C4H6O3/c1-2-3-4-5-6-7-8-9-10-11-12-21-17(22)13-14(18(21)23)16(20)24-15(13)19;1-2-3-4-5-6-7-8-9-10-11-12-19-17(20)15-13-23-14-16(15)18(21)22;1-2-3-4-5-6-7-8-9-10-11-12-19-17(20)15-13-22-14-16(15)18(19)21;1-8-6-4-9-3-5(6)2-7;7-5(8)3-1-11-2-4(3)6(9)10;7-5-3-1-10-2-4(3)6(8)9-5;5-3-1-7-2-4(3)6;1-3(5)7-4(2)6/h2-12H2,1H3;13-14H,2-12H2,1H3,(H,19,20)(H,21,22);13-14H,2-12H2,1H3;3-4H;1-2H,(H,7,8)(H,9,10);1-2H;1-2H;1-2H3. The number of unbranched alkanes of at least 4 members (excludes halogenated alkanes) is 27. The van der Waals surface area contributed by atoms with Crippen LogP contribution in [0.5, 0.6) is 0 Å². The highest BCUT2D eigenvalue weighted by Gasteiger charge is 2.41. The zero-order valence-electron chi connectivity index (χ0n) is 64.0. The Hall–Kier alpha value is -6.76. The maximum Gasteiger partial charge on any atom is 0.347 e. The highest BCUT2D eigenvalue weighted by molar-refractivity contribution is 9.13. The van der Waals surface area contributed by atoms with Gasteiger partial charge in [0.2, 0.25) is 5.69 Å². The molecule has 0 unspecified atom stereocenters. The van der Waals surface area contributed by atoms with Gasteiger partial charge < -0.3 is 30.1 Å². The predicted octanol–water partition coefficient (Wildman–Crippen LogP) is 24.9. The smallest absolute Gasteiger partial charge is 0.347 e. The first-order valence-corrected chi connectivity index (χ1v) is 47.0. The number of nitrogens with one attached hydrogen (secondary N) is 1. The molecule has 0 fully saturated rings. The molecule has 0 aromatic carbocycles. The highest BCUT2D eigenvalue weighted by atomic mass is 79.9. The number of amides is 5. The number of aromatic carboxylic acids is 3. The number of hydrogen-bond acceptors (Lipinski definition) is 22. The molecule has 10 heterocycles. The maximum atomic E-state index is 12.4. The lowest BCUT2D eigenvalue weighted by Crippen LogP contribution is -2.31. The van der Waals surface area contributed by atoms with Crippen molar-refractivity contribution in [3.8, 4) is 6.07 Å². The molecule has 0 saturated heterocycles. The van der Waals surface area contributed by atoms with Crippen LogP contribution in [0.25, 0.3) is 4.85 Å². The Balaban J connectivity index is 0.000000349. The molecular weight excluding hydrogens is 1850 g/mol. The molecule has 7 aromatic heterocycles. The first-order chi connectivity index (χ1) is 54.2. The van der Waals surface area contributed by atoms with Crippen LogP contribution in [0.1, 0.15) is 336 Å². The number of nitrogens with zero attached hydrogens (tertiary/aromatic N) is 4. The molecule has 0 radical (unpaired) electrons. The Morgan fingerprint density at radius 2 is 0.752 bits per heavy atom. The highest BCUT2D eigenvalue weighted by Crippen LogP contribution is 2.42. The second-order valence-electron chi connectivity index (χ2n) is 25.7. The van der Waals surface area contributed by atoms with E-state index < -0.39 is 41.8 Å². The molecule has 3 aliphatic rings. The van der Waals surface area contributed by atoms with E-state index in [2.05, 4.69) is 104 Å². The summed E-state index contributed by atoms with van der Waals surface area (Å²) in [6.45, 7) is 17.4. The van der Waals surface area contributed by atoms with Gasteiger partial charge in [0.15, 0.2) is 0 Å². The summed E-state index contributed by atoms with van der Waals surface area (Å²) in [4.78, 5) is 139. The van der Waals surface area contributed by atoms with Crippen LogP contribution < -0.4 is 5.32 Å². The lowest BCUT2D eigenvalue weighted by atomic mass is 10.1. The summed E-state index contributed by atoms with van der Waals surface area (Å²) in [5, 5.41) is 56.9. The minimum absolute atomic E-state index is 0.0931. The fourth-order valence-corrected chi connectivity index (χ4v) is 19.7. The molecule has 0 atom stereocenters. The summed E-state index contributed by atoms with van der Waals surface area (Å²) < 4.78 is 12.0. The molecule has 113 heavy (non-hydrogen) atoms. The summed E-state index contributed by atoms with van der Waals surface area (Å²) in [6, 6.07) is 1.92. The van der Waals surface area contributed by atoms with Crippen molar-refractivity contribution in [3.63, 3.8) is 0 Å². The number of halogens is 4. The number of thiophene rings is 7. The largest absolute Gasteiger partial charge is 0.478 e. The Bertz CT molecular complexity index is 4090. The number of carboxylic acid groups (broad SMARTS) is 3. The number of hydrogen-bond donors (Lipinski definition) is 4. The number of cyclic esters (lactones) is 2. The topological polar surface area (TPSA) is 331 Å². The van der Waals surface area contributed by atoms with Crippen molar-refractivity contribution in [2.75, 3.05) is 19.6 Å². The van der Waals surface area contributed by atoms with Crippen molar-refractivity contribution in [2.24, 2.45) is 0 Å². The monoisotopic (exact) mass is 1940 g/mol. The molecule has 614 valence electrons.